The second-order valence-corrected chi connectivity index (χ2v) is 6.68. The van der Waals surface area contributed by atoms with Crippen molar-refractivity contribution >= 4 is 11.3 Å². The molecular weight excluding hydrogens is 313 g/mol. The van der Waals surface area contributed by atoms with E-state index < -0.39 is 0 Å². The van der Waals surface area contributed by atoms with Gasteiger partial charge < -0.3 is 4.52 Å². The minimum atomic E-state index is -0.231. The predicted octanol–water partition coefficient (Wildman–Crippen LogP) is 4.03. The first kappa shape index (κ1) is 14.5. The molecule has 0 saturated heterocycles. The maximum absolute atomic E-state index is 13.2. The van der Waals surface area contributed by atoms with E-state index in [2.05, 4.69) is 21.5 Å². The van der Waals surface area contributed by atoms with Crippen LogP contribution in [0.5, 0.6) is 0 Å². The molecule has 1 aliphatic carbocycles. The highest BCUT2D eigenvalue weighted by atomic mass is 32.1. The van der Waals surface area contributed by atoms with Crippen molar-refractivity contribution in [1.29, 1.82) is 0 Å². The molecule has 1 atom stereocenters. The quantitative estimate of drug-likeness (QED) is 0.742. The highest BCUT2D eigenvalue weighted by Gasteiger charge is 2.29. The number of halogens is 1. The van der Waals surface area contributed by atoms with Crippen molar-refractivity contribution < 1.29 is 8.91 Å². The fourth-order valence-corrected chi connectivity index (χ4v) is 3.35. The summed E-state index contributed by atoms with van der Waals surface area (Å²) in [6.07, 6.45) is 2.28. The lowest BCUT2D eigenvalue weighted by Crippen LogP contribution is -2.21. The Bertz CT molecular complexity index is 766. The van der Waals surface area contributed by atoms with Gasteiger partial charge in [-0.3, -0.25) is 5.32 Å². The summed E-state index contributed by atoms with van der Waals surface area (Å²) in [5.74, 6) is 1.64. The average Bonchev–Trinajstić information content (AvgIpc) is 3.08. The second kappa shape index (κ2) is 6.22. The molecule has 0 amide bonds. The fraction of sp³-hybridized carbons (Fsp3) is 0.294. The van der Waals surface area contributed by atoms with E-state index in [1.165, 1.54) is 17.0 Å². The molecule has 1 unspecified atom stereocenters. The number of nitrogens with zero attached hydrogens (tertiary/aromatic N) is 2. The van der Waals surface area contributed by atoms with Gasteiger partial charge in [-0.2, -0.15) is 4.98 Å². The largest absolute Gasteiger partial charge is 0.339 e. The zero-order chi connectivity index (χ0) is 15.6. The first-order valence-electron chi connectivity index (χ1n) is 7.64. The molecule has 1 aromatic carbocycles. The SMILES string of the molecule is Fc1ccc(C(NCc2noc(C3CC3)n2)c2cccs2)cc1. The van der Waals surface area contributed by atoms with Gasteiger partial charge in [0.15, 0.2) is 5.82 Å². The van der Waals surface area contributed by atoms with Crippen LogP contribution in [0.2, 0.25) is 0 Å². The molecule has 2 aromatic heterocycles. The first-order valence-corrected chi connectivity index (χ1v) is 8.52. The van der Waals surface area contributed by atoms with Crippen molar-refractivity contribution in [3.8, 4) is 0 Å². The lowest BCUT2D eigenvalue weighted by Gasteiger charge is -2.17. The van der Waals surface area contributed by atoms with Crippen molar-refractivity contribution in [3.63, 3.8) is 0 Å². The van der Waals surface area contributed by atoms with Crippen LogP contribution in [-0.2, 0) is 6.54 Å². The standard InChI is InChI=1S/C17H16FN3OS/c18-13-7-5-11(6-8-13)16(14-2-1-9-23-14)19-10-15-20-17(22-21-15)12-3-4-12/h1-2,5-9,12,16,19H,3-4,10H2. The monoisotopic (exact) mass is 329 g/mol. The van der Waals surface area contributed by atoms with Crippen LogP contribution >= 0.6 is 11.3 Å². The third-order valence-corrected chi connectivity index (χ3v) is 4.84. The van der Waals surface area contributed by atoms with E-state index in [-0.39, 0.29) is 11.9 Å². The molecule has 2 heterocycles. The van der Waals surface area contributed by atoms with Gasteiger partial charge in [0.05, 0.1) is 12.6 Å². The summed E-state index contributed by atoms with van der Waals surface area (Å²) in [6, 6.07) is 10.6. The summed E-state index contributed by atoms with van der Waals surface area (Å²) in [4.78, 5) is 5.61. The van der Waals surface area contributed by atoms with Gasteiger partial charge in [-0.05, 0) is 42.0 Å². The average molecular weight is 329 g/mol. The van der Waals surface area contributed by atoms with Gasteiger partial charge in [-0.25, -0.2) is 4.39 Å². The Labute approximate surface area is 137 Å². The Balaban J connectivity index is 1.51. The maximum atomic E-state index is 13.2. The van der Waals surface area contributed by atoms with Gasteiger partial charge in [0.2, 0.25) is 5.89 Å². The van der Waals surface area contributed by atoms with Crippen LogP contribution in [0.3, 0.4) is 0 Å². The van der Waals surface area contributed by atoms with Crippen molar-refractivity contribution in [2.75, 3.05) is 0 Å². The number of nitrogens with one attached hydrogen (secondary N) is 1. The minimum Gasteiger partial charge on any atom is -0.339 e. The molecule has 118 valence electrons. The lowest BCUT2D eigenvalue weighted by atomic mass is 10.1. The second-order valence-electron chi connectivity index (χ2n) is 5.70. The molecule has 0 spiro atoms. The number of hydrogen-bond acceptors (Lipinski definition) is 5. The molecule has 0 aliphatic heterocycles. The van der Waals surface area contributed by atoms with Crippen LogP contribution in [-0.4, -0.2) is 10.1 Å². The number of rotatable bonds is 6. The maximum Gasteiger partial charge on any atom is 0.229 e. The molecule has 1 N–H and O–H groups in total. The highest BCUT2D eigenvalue weighted by molar-refractivity contribution is 7.10. The summed E-state index contributed by atoms with van der Waals surface area (Å²) in [7, 11) is 0. The van der Waals surface area contributed by atoms with E-state index in [1.54, 1.807) is 23.5 Å². The summed E-state index contributed by atoms with van der Waals surface area (Å²) in [5, 5.41) is 9.52. The number of aromatic nitrogens is 2. The van der Waals surface area contributed by atoms with Gasteiger partial charge >= 0.3 is 0 Å². The number of thiophene rings is 1. The normalized spacial score (nSPS) is 15.7. The summed E-state index contributed by atoms with van der Waals surface area (Å²) in [6.45, 7) is 0.510. The van der Waals surface area contributed by atoms with Crippen LogP contribution in [0.4, 0.5) is 4.39 Å². The van der Waals surface area contributed by atoms with E-state index in [1.807, 2.05) is 11.4 Å². The Morgan fingerprint density at radius 1 is 1.26 bits per heavy atom. The van der Waals surface area contributed by atoms with Gasteiger partial charge in [0.25, 0.3) is 0 Å². The fourth-order valence-electron chi connectivity index (χ4n) is 2.52. The summed E-state index contributed by atoms with van der Waals surface area (Å²) < 4.78 is 18.5. The van der Waals surface area contributed by atoms with Crippen LogP contribution in [0, 0.1) is 5.82 Å². The van der Waals surface area contributed by atoms with E-state index >= 15 is 0 Å². The van der Waals surface area contributed by atoms with Crippen LogP contribution in [0.1, 0.15) is 47.0 Å². The minimum absolute atomic E-state index is 0.0153. The Morgan fingerprint density at radius 3 is 2.78 bits per heavy atom. The molecule has 0 bridgehead atoms. The summed E-state index contributed by atoms with van der Waals surface area (Å²) in [5.41, 5.74) is 1.01. The van der Waals surface area contributed by atoms with Gasteiger partial charge in [-0.15, -0.1) is 11.3 Å². The Kier molecular flexibility index (Phi) is 3.93. The van der Waals surface area contributed by atoms with Gasteiger partial charge in [-0.1, -0.05) is 23.4 Å². The van der Waals surface area contributed by atoms with Crippen molar-refractivity contribution in [3.05, 3.63) is 69.8 Å². The Morgan fingerprint density at radius 2 is 2.09 bits per heavy atom. The van der Waals surface area contributed by atoms with Crippen molar-refractivity contribution in [2.24, 2.45) is 0 Å². The molecule has 4 rings (SSSR count). The third kappa shape index (κ3) is 3.33. The third-order valence-electron chi connectivity index (χ3n) is 3.91. The Hall–Kier alpha value is -2.05. The molecule has 23 heavy (non-hydrogen) atoms. The van der Waals surface area contributed by atoms with Crippen LogP contribution in [0.25, 0.3) is 0 Å². The topological polar surface area (TPSA) is 51.0 Å². The van der Waals surface area contributed by atoms with E-state index in [0.717, 1.165) is 24.3 Å². The number of hydrogen-bond donors (Lipinski definition) is 1. The molecule has 1 aliphatic rings. The van der Waals surface area contributed by atoms with Gasteiger partial charge in [0, 0.05) is 10.8 Å². The summed E-state index contributed by atoms with van der Waals surface area (Å²) >= 11 is 1.66. The molecule has 3 aromatic rings. The predicted molar refractivity (Wildman–Crippen MR) is 85.7 cm³/mol. The zero-order valence-corrected chi connectivity index (χ0v) is 13.2. The zero-order valence-electron chi connectivity index (χ0n) is 12.4. The van der Waals surface area contributed by atoms with E-state index in [4.69, 9.17) is 4.52 Å². The first-order chi connectivity index (χ1) is 11.3. The lowest BCUT2D eigenvalue weighted by molar-refractivity contribution is 0.372. The molecule has 6 heteroatoms. The molecular formula is C17H16FN3OS. The smallest absolute Gasteiger partial charge is 0.229 e. The molecule has 0 radical (unpaired) electrons. The molecule has 4 nitrogen and oxygen atoms in total. The van der Waals surface area contributed by atoms with Gasteiger partial charge in [0.1, 0.15) is 5.82 Å². The van der Waals surface area contributed by atoms with Crippen molar-refractivity contribution in [1.82, 2.24) is 15.5 Å². The van der Waals surface area contributed by atoms with E-state index in [9.17, 15) is 4.39 Å². The molecule has 1 saturated carbocycles. The number of benzene rings is 1. The highest BCUT2D eigenvalue weighted by Crippen LogP contribution is 2.38. The van der Waals surface area contributed by atoms with E-state index in [0.29, 0.717) is 18.3 Å². The van der Waals surface area contributed by atoms with Crippen LogP contribution in [0.15, 0.2) is 46.3 Å². The molecule has 1 fully saturated rings. The van der Waals surface area contributed by atoms with Crippen LogP contribution < -0.4 is 5.32 Å². The van der Waals surface area contributed by atoms with Crippen molar-refractivity contribution in [2.45, 2.75) is 31.3 Å².